The SMILES string of the molecule is C=CC(C)(Cc1c(C)nn(C)c1Cl)C(=O)O. The number of carbonyl (C=O) groups is 1. The van der Waals surface area contributed by atoms with E-state index >= 15 is 0 Å². The molecule has 1 unspecified atom stereocenters. The first-order valence-corrected chi connectivity index (χ1v) is 5.24. The lowest BCUT2D eigenvalue weighted by Crippen LogP contribution is -2.27. The zero-order valence-corrected chi connectivity index (χ0v) is 10.4. The van der Waals surface area contributed by atoms with Crippen LogP contribution in [0.5, 0.6) is 0 Å². The summed E-state index contributed by atoms with van der Waals surface area (Å²) in [5, 5.41) is 13.8. The van der Waals surface area contributed by atoms with Crippen molar-refractivity contribution in [1.29, 1.82) is 0 Å². The Kier molecular flexibility index (Phi) is 3.43. The molecule has 0 amide bonds. The molecule has 0 aliphatic rings. The van der Waals surface area contributed by atoms with Crippen LogP contribution in [0.25, 0.3) is 0 Å². The van der Waals surface area contributed by atoms with E-state index in [2.05, 4.69) is 11.7 Å². The van der Waals surface area contributed by atoms with Crippen LogP contribution in [0.2, 0.25) is 5.15 Å². The van der Waals surface area contributed by atoms with E-state index in [9.17, 15) is 4.79 Å². The number of hydrogen-bond donors (Lipinski definition) is 1. The molecular formula is C11H15ClN2O2. The summed E-state index contributed by atoms with van der Waals surface area (Å²) in [6.45, 7) is 6.99. The van der Waals surface area contributed by atoms with Crippen LogP contribution >= 0.6 is 11.6 Å². The summed E-state index contributed by atoms with van der Waals surface area (Å²) in [5.41, 5.74) is 0.494. The van der Waals surface area contributed by atoms with E-state index in [-0.39, 0.29) is 0 Å². The van der Waals surface area contributed by atoms with E-state index in [1.165, 1.54) is 10.8 Å². The Hall–Kier alpha value is -1.29. The Morgan fingerprint density at radius 2 is 2.31 bits per heavy atom. The number of aliphatic carboxylic acids is 1. The highest BCUT2D eigenvalue weighted by Gasteiger charge is 2.32. The highest BCUT2D eigenvalue weighted by atomic mass is 35.5. The molecule has 1 atom stereocenters. The van der Waals surface area contributed by atoms with Gasteiger partial charge >= 0.3 is 5.97 Å². The topological polar surface area (TPSA) is 55.1 Å². The molecule has 1 heterocycles. The summed E-state index contributed by atoms with van der Waals surface area (Å²) in [6.07, 6.45) is 1.72. The maximum atomic E-state index is 11.1. The lowest BCUT2D eigenvalue weighted by Gasteiger charge is -2.19. The lowest BCUT2D eigenvalue weighted by atomic mass is 9.84. The number of aromatic nitrogens is 2. The van der Waals surface area contributed by atoms with Gasteiger partial charge in [0.1, 0.15) is 5.15 Å². The molecule has 1 aromatic rings. The van der Waals surface area contributed by atoms with E-state index in [1.807, 2.05) is 6.92 Å². The minimum Gasteiger partial charge on any atom is -0.481 e. The lowest BCUT2D eigenvalue weighted by molar-refractivity contribution is -0.145. The zero-order chi connectivity index (χ0) is 12.5. The van der Waals surface area contributed by atoms with Gasteiger partial charge in [-0.05, 0) is 20.3 Å². The maximum Gasteiger partial charge on any atom is 0.313 e. The normalized spacial score (nSPS) is 14.5. The molecule has 0 fully saturated rings. The maximum absolute atomic E-state index is 11.1. The van der Waals surface area contributed by atoms with Gasteiger partial charge in [0.15, 0.2) is 0 Å². The molecule has 0 aliphatic carbocycles. The summed E-state index contributed by atoms with van der Waals surface area (Å²) >= 11 is 6.06. The molecule has 16 heavy (non-hydrogen) atoms. The number of hydrogen-bond acceptors (Lipinski definition) is 2. The molecule has 5 heteroatoms. The molecule has 0 saturated carbocycles. The van der Waals surface area contributed by atoms with E-state index in [0.29, 0.717) is 11.6 Å². The Balaban J connectivity index is 3.13. The summed E-state index contributed by atoms with van der Waals surface area (Å²) in [4.78, 5) is 11.1. The number of halogens is 1. The van der Waals surface area contributed by atoms with Crippen LogP contribution in [-0.4, -0.2) is 20.9 Å². The standard InChI is InChI=1S/C11H15ClN2O2/c1-5-11(3,10(15)16)6-8-7(2)13-14(4)9(8)12/h5H,1,6H2,2-4H3,(H,15,16). The average Bonchev–Trinajstić information content (AvgIpc) is 2.44. The van der Waals surface area contributed by atoms with Crippen LogP contribution in [0.4, 0.5) is 0 Å². The predicted octanol–water partition coefficient (Wildman–Crippen LogP) is 2.20. The average molecular weight is 243 g/mol. The quantitative estimate of drug-likeness (QED) is 0.824. The fraction of sp³-hybridized carbons (Fsp3) is 0.455. The van der Waals surface area contributed by atoms with Gasteiger partial charge in [-0.2, -0.15) is 5.10 Å². The second-order valence-electron chi connectivity index (χ2n) is 4.08. The minimum absolute atomic E-state index is 0.296. The first-order chi connectivity index (χ1) is 7.31. The van der Waals surface area contributed by atoms with Crippen molar-refractivity contribution in [2.24, 2.45) is 12.5 Å². The van der Waals surface area contributed by atoms with Crippen LogP contribution < -0.4 is 0 Å². The van der Waals surface area contributed by atoms with Crippen LogP contribution in [0, 0.1) is 12.3 Å². The number of carboxylic acid groups (broad SMARTS) is 1. The van der Waals surface area contributed by atoms with E-state index in [0.717, 1.165) is 11.3 Å². The monoisotopic (exact) mass is 242 g/mol. The van der Waals surface area contributed by atoms with Gasteiger partial charge in [-0.15, -0.1) is 6.58 Å². The van der Waals surface area contributed by atoms with Crippen LogP contribution in [0.1, 0.15) is 18.2 Å². The van der Waals surface area contributed by atoms with E-state index < -0.39 is 11.4 Å². The van der Waals surface area contributed by atoms with Crippen molar-refractivity contribution in [3.8, 4) is 0 Å². The summed E-state index contributed by atoms with van der Waals surface area (Å²) in [6, 6.07) is 0. The molecule has 0 aliphatic heterocycles. The van der Waals surface area contributed by atoms with Crippen molar-refractivity contribution in [3.63, 3.8) is 0 Å². The number of aryl methyl sites for hydroxylation is 2. The second-order valence-corrected chi connectivity index (χ2v) is 4.44. The van der Waals surface area contributed by atoms with Crippen molar-refractivity contribution < 1.29 is 9.90 Å². The molecule has 1 rings (SSSR count). The van der Waals surface area contributed by atoms with E-state index in [1.54, 1.807) is 14.0 Å². The van der Waals surface area contributed by atoms with Crippen molar-refractivity contribution in [1.82, 2.24) is 9.78 Å². The fourth-order valence-corrected chi connectivity index (χ4v) is 1.72. The molecule has 1 N–H and O–H groups in total. The van der Waals surface area contributed by atoms with Crippen LogP contribution in [0.3, 0.4) is 0 Å². The first-order valence-electron chi connectivity index (χ1n) is 4.87. The molecule has 0 saturated heterocycles. The van der Waals surface area contributed by atoms with Crippen LogP contribution in [-0.2, 0) is 18.3 Å². The Morgan fingerprint density at radius 3 is 2.62 bits per heavy atom. The second kappa shape index (κ2) is 4.29. The van der Waals surface area contributed by atoms with Gasteiger partial charge in [0.05, 0.1) is 11.1 Å². The third-order valence-corrected chi connectivity index (χ3v) is 3.23. The highest BCUT2D eigenvalue weighted by Crippen LogP contribution is 2.29. The van der Waals surface area contributed by atoms with Gasteiger partial charge < -0.3 is 5.11 Å². The number of carboxylic acids is 1. The Bertz CT molecular complexity index is 439. The predicted molar refractivity (Wildman–Crippen MR) is 62.6 cm³/mol. The number of nitrogens with zero attached hydrogens (tertiary/aromatic N) is 2. The van der Waals surface area contributed by atoms with Gasteiger partial charge in [-0.3, -0.25) is 9.48 Å². The molecule has 0 radical (unpaired) electrons. The molecular weight excluding hydrogens is 228 g/mol. The van der Waals surface area contributed by atoms with Gasteiger partial charge in [-0.25, -0.2) is 0 Å². The van der Waals surface area contributed by atoms with Gasteiger partial charge in [0.2, 0.25) is 0 Å². The largest absolute Gasteiger partial charge is 0.481 e. The van der Waals surface area contributed by atoms with Crippen molar-refractivity contribution in [3.05, 3.63) is 29.1 Å². The third-order valence-electron chi connectivity index (χ3n) is 2.75. The molecule has 0 aromatic carbocycles. The van der Waals surface area contributed by atoms with Crippen LogP contribution in [0.15, 0.2) is 12.7 Å². The van der Waals surface area contributed by atoms with Crippen molar-refractivity contribution in [2.45, 2.75) is 20.3 Å². The highest BCUT2D eigenvalue weighted by molar-refractivity contribution is 6.30. The Morgan fingerprint density at radius 1 is 1.75 bits per heavy atom. The van der Waals surface area contributed by atoms with Gasteiger partial charge in [0.25, 0.3) is 0 Å². The number of rotatable bonds is 4. The van der Waals surface area contributed by atoms with Gasteiger partial charge in [-0.1, -0.05) is 17.7 Å². The molecule has 1 aromatic heterocycles. The third kappa shape index (κ3) is 2.11. The zero-order valence-electron chi connectivity index (χ0n) is 9.62. The van der Waals surface area contributed by atoms with Crippen molar-refractivity contribution >= 4 is 17.6 Å². The Labute approximate surface area is 99.5 Å². The van der Waals surface area contributed by atoms with Crippen molar-refractivity contribution in [2.75, 3.05) is 0 Å². The molecule has 0 spiro atoms. The summed E-state index contributed by atoms with van der Waals surface area (Å²) < 4.78 is 1.54. The first kappa shape index (κ1) is 12.8. The fourth-order valence-electron chi connectivity index (χ4n) is 1.48. The molecule has 4 nitrogen and oxygen atoms in total. The summed E-state index contributed by atoms with van der Waals surface area (Å²) in [7, 11) is 1.73. The smallest absolute Gasteiger partial charge is 0.313 e. The van der Waals surface area contributed by atoms with E-state index in [4.69, 9.17) is 16.7 Å². The molecule has 0 bridgehead atoms. The van der Waals surface area contributed by atoms with Gasteiger partial charge in [0, 0.05) is 12.6 Å². The molecule has 88 valence electrons. The summed E-state index contributed by atoms with van der Waals surface area (Å²) in [5.74, 6) is -0.915. The minimum atomic E-state index is -1.02.